The number of carbonyl (C=O) groups is 2. The van der Waals surface area contributed by atoms with E-state index in [1.807, 2.05) is 42.5 Å². The Hall–Kier alpha value is -4.24. The number of nitrogens with one attached hydrogen (secondary N) is 2. The summed E-state index contributed by atoms with van der Waals surface area (Å²) in [5.41, 5.74) is 2.21. The molecule has 1 saturated heterocycles. The highest BCUT2D eigenvalue weighted by molar-refractivity contribution is 6.04. The highest BCUT2D eigenvalue weighted by Crippen LogP contribution is 2.20. The second-order valence-corrected chi connectivity index (χ2v) is 9.06. The number of hydrogen-bond acceptors (Lipinski definition) is 7. The lowest BCUT2D eigenvalue weighted by molar-refractivity contribution is -0.120. The van der Waals surface area contributed by atoms with Crippen LogP contribution in [0.25, 0.3) is 11.0 Å². The Labute approximate surface area is 215 Å². The number of anilines is 2. The predicted molar refractivity (Wildman–Crippen MR) is 143 cm³/mol. The van der Waals surface area contributed by atoms with E-state index in [0.717, 1.165) is 56.0 Å². The molecule has 2 amide bonds. The highest BCUT2D eigenvalue weighted by Gasteiger charge is 2.18. The minimum absolute atomic E-state index is 0.00916. The van der Waals surface area contributed by atoms with Crippen molar-refractivity contribution in [2.24, 2.45) is 0 Å². The second kappa shape index (κ2) is 11.7. The Bertz CT molecular complexity index is 1300. The number of aromatic nitrogens is 2. The minimum Gasteiger partial charge on any atom is -0.451 e. The largest absolute Gasteiger partial charge is 0.451 e. The molecule has 9 heteroatoms. The molecule has 0 saturated carbocycles. The quantitative estimate of drug-likeness (QED) is 0.341. The summed E-state index contributed by atoms with van der Waals surface area (Å²) in [4.78, 5) is 38.1. The van der Waals surface area contributed by atoms with Gasteiger partial charge in [0.05, 0.1) is 6.42 Å². The SMILES string of the molecule is O=C(Cc1ccc(NC(=O)c2cc3ccccc3o2)cc1)NCCCN1CCN(c2ncccn2)CC1. The number of benzene rings is 2. The van der Waals surface area contributed by atoms with Gasteiger partial charge in [0.2, 0.25) is 11.9 Å². The van der Waals surface area contributed by atoms with Gasteiger partial charge in [-0.1, -0.05) is 30.3 Å². The van der Waals surface area contributed by atoms with Gasteiger partial charge in [-0.05, 0) is 48.9 Å². The summed E-state index contributed by atoms with van der Waals surface area (Å²) in [5, 5.41) is 6.73. The van der Waals surface area contributed by atoms with Crippen molar-refractivity contribution in [3.8, 4) is 0 Å². The molecule has 0 radical (unpaired) electrons. The van der Waals surface area contributed by atoms with Crippen LogP contribution < -0.4 is 15.5 Å². The maximum absolute atomic E-state index is 12.5. The summed E-state index contributed by atoms with van der Waals surface area (Å²) >= 11 is 0. The van der Waals surface area contributed by atoms with Crippen LogP contribution in [0.2, 0.25) is 0 Å². The van der Waals surface area contributed by atoms with Crippen LogP contribution in [0.1, 0.15) is 22.5 Å². The van der Waals surface area contributed by atoms with Gasteiger partial charge in [-0.2, -0.15) is 0 Å². The number of fused-ring (bicyclic) bond motifs is 1. The number of furan rings is 1. The Morgan fingerprint density at radius 1 is 0.919 bits per heavy atom. The lowest BCUT2D eigenvalue weighted by Crippen LogP contribution is -2.47. The third-order valence-corrected chi connectivity index (χ3v) is 6.41. The van der Waals surface area contributed by atoms with E-state index in [1.54, 1.807) is 30.6 Å². The second-order valence-electron chi connectivity index (χ2n) is 9.06. The number of rotatable bonds is 9. The van der Waals surface area contributed by atoms with Crippen molar-refractivity contribution in [3.63, 3.8) is 0 Å². The van der Waals surface area contributed by atoms with E-state index in [4.69, 9.17) is 4.42 Å². The molecule has 0 spiro atoms. The summed E-state index contributed by atoms with van der Waals surface area (Å²) in [7, 11) is 0. The molecule has 0 unspecified atom stereocenters. The first-order chi connectivity index (χ1) is 18.1. The van der Waals surface area contributed by atoms with Gasteiger partial charge < -0.3 is 20.0 Å². The normalized spacial score (nSPS) is 14.0. The molecule has 9 nitrogen and oxygen atoms in total. The van der Waals surface area contributed by atoms with Gasteiger partial charge in [-0.15, -0.1) is 0 Å². The fourth-order valence-corrected chi connectivity index (χ4v) is 4.40. The number of piperazine rings is 1. The number of hydrogen-bond donors (Lipinski definition) is 2. The number of nitrogens with zero attached hydrogens (tertiary/aromatic N) is 4. The Balaban J connectivity index is 0.997. The third kappa shape index (κ3) is 6.50. The number of para-hydroxylation sites is 1. The number of amides is 2. The molecule has 5 rings (SSSR count). The van der Waals surface area contributed by atoms with E-state index in [1.165, 1.54) is 0 Å². The van der Waals surface area contributed by atoms with E-state index < -0.39 is 0 Å². The maximum atomic E-state index is 12.5. The first-order valence-corrected chi connectivity index (χ1v) is 12.5. The average molecular weight is 499 g/mol. The monoisotopic (exact) mass is 498 g/mol. The standard InChI is InChI=1S/C28H30N6O3/c35-26(29-13-4-14-33-15-17-34(18-16-33)28-30-11-3-12-31-28)19-21-7-9-23(10-8-21)32-27(36)25-20-22-5-1-2-6-24(22)37-25/h1-3,5-12,20H,4,13-19H2,(H,29,35)(H,32,36). The predicted octanol–water partition coefficient (Wildman–Crippen LogP) is 3.35. The molecule has 0 aliphatic carbocycles. The number of carbonyl (C=O) groups excluding carboxylic acids is 2. The van der Waals surface area contributed by atoms with E-state index in [9.17, 15) is 9.59 Å². The summed E-state index contributed by atoms with van der Waals surface area (Å²) < 4.78 is 5.61. The van der Waals surface area contributed by atoms with Crippen molar-refractivity contribution in [2.45, 2.75) is 12.8 Å². The van der Waals surface area contributed by atoms with Gasteiger partial charge in [0, 0.05) is 56.2 Å². The Morgan fingerprint density at radius 3 is 2.43 bits per heavy atom. The topological polar surface area (TPSA) is 104 Å². The van der Waals surface area contributed by atoms with Crippen LogP contribution >= 0.6 is 0 Å². The molecule has 2 N–H and O–H groups in total. The fraction of sp³-hybridized carbons (Fsp3) is 0.286. The molecule has 1 fully saturated rings. The summed E-state index contributed by atoms with van der Waals surface area (Å²) in [6, 6.07) is 18.3. The van der Waals surface area contributed by atoms with Crippen LogP contribution in [0, 0.1) is 0 Å². The van der Waals surface area contributed by atoms with Gasteiger partial charge in [-0.25, -0.2) is 9.97 Å². The molecular formula is C28H30N6O3. The van der Waals surface area contributed by atoms with Crippen molar-refractivity contribution in [1.82, 2.24) is 20.2 Å². The lowest BCUT2D eigenvalue weighted by Gasteiger charge is -2.34. The molecule has 0 atom stereocenters. The summed E-state index contributed by atoms with van der Waals surface area (Å²) in [5.74, 6) is 0.731. The highest BCUT2D eigenvalue weighted by atomic mass is 16.3. The Kier molecular flexibility index (Phi) is 7.71. The lowest BCUT2D eigenvalue weighted by atomic mass is 10.1. The van der Waals surface area contributed by atoms with Crippen LogP contribution in [0.3, 0.4) is 0 Å². The van der Waals surface area contributed by atoms with Crippen LogP contribution in [0.4, 0.5) is 11.6 Å². The first kappa shape index (κ1) is 24.5. The van der Waals surface area contributed by atoms with Crippen molar-refractivity contribution in [2.75, 3.05) is 49.5 Å². The smallest absolute Gasteiger partial charge is 0.291 e. The van der Waals surface area contributed by atoms with Crippen molar-refractivity contribution < 1.29 is 14.0 Å². The van der Waals surface area contributed by atoms with Crippen LogP contribution in [0.5, 0.6) is 0 Å². The molecule has 3 heterocycles. The molecule has 1 aliphatic heterocycles. The van der Waals surface area contributed by atoms with Crippen LogP contribution in [-0.2, 0) is 11.2 Å². The molecule has 0 bridgehead atoms. The molecule has 37 heavy (non-hydrogen) atoms. The molecule has 1 aliphatic rings. The molecular weight excluding hydrogens is 468 g/mol. The van der Waals surface area contributed by atoms with E-state index >= 15 is 0 Å². The zero-order valence-electron chi connectivity index (χ0n) is 20.6. The molecule has 2 aromatic heterocycles. The van der Waals surface area contributed by atoms with Crippen LogP contribution in [0.15, 0.2) is 77.5 Å². The zero-order chi connectivity index (χ0) is 25.5. The van der Waals surface area contributed by atoms with Gasteiger partial charge in [-0.3, -0.25) is 14.5 Å². The van der Waals surface area contributed by atoms with Crippen molar-refractivity contribution in [3.05, 3.63) is 84.4 Å². The first-order valence-electron chi connectivity index (χ1n) is 12.5. The van der Waals surface area contributed by atoms with Crippen molar-refractivity contribution >= 4 is 34.4 Å². The molecule has 4 aromatic rings. The van der Waals surface area contributed by atoms with E-state index in [-0.39, 0.29) is 17.6 Å². The average Bonchev–Trinajstić information content (AvgIpc) is 3.38. The minimum atomic E-state index is -0.309. The Morgan fingerprint density at radius 2 is 1.68 bits per heavy atom. The van der Waals surface area contributed by atoms with Crippen LogP contribution in [-0.4, -0.2) is 66.0 Å². The summed E-state index contributed by atoms with van der Waals surface area (Å²) in [6.07, 6.45) is 4.75. The summed E-state index contributed by atoms with van der Waals surface area (Å²) in [6.45, 7) is 5.34. The van der Waals surface area contributed by atoms with Gasteiger partial charge in [0.15, 0.2) is 5.76 Å². The van der Waals surface area contributed by atoms with Gasteiger partial charge in [0.25, 0.3) is 5.91 Å². The fourth-order valence-electron chi connectivity index (χ4n) is 4.40. The van der Waals surface area contributed by atoms with E-state index in [0.29, 0.717) is 24.2 Å². The third-order valence-electron chi connectivity index (χ3n) is 6.41. The molecule has 2 aromatic carbocycles. The maximum Gasteiger partial charge on any atom is 0.291 e. The van der Waals surface area contributed by atoms with E-state index in [2.05, 4.69) is 30.4 Å². The molecule has 190 valence electrons. The van der Waals surface area contributed by atoms with Gasteiger partial charge in [0.1, 0.15) is 5.58 Å². The van der Waals surface area contributed by atoms with Gasteiger partial charge >= 0.3 is 0 Å². The van der Waals surface area contributed by atoms with Crippen molar-refractivity contribution in [1.29, 1.82) is 0 Å². The zero-order valence-corrected chi connectivity index (χ0v) is 20.6.